The summed E-state index contributed by atoms with van der Waals surface area (Å²) < 4.78 is 0. The average Bonchev–Trinajstić information content (AvgIpc) is 2.26. The van der Waals surface area contributed by atoms with Crippen LogP contribution in [0, 0.1) is 5.92 Å². The summed E-state index contributed by atoms with van der Waals surface area (Å²) in [4.78, 5) is 0. The lowest BCUT2D eigenvalue weighted by molar-refractivity contribution is 0.376. The third-order valence-corrected chi connectivity index (χ3v) is 3.08. The highest BCUT2D eigenvalue weighted by atomic mass is 16.3. The van der Waals surface area contributed by atoms with Crippen LogP contribution in [0.25, 0.3) is 0 Å². The van der Waals surface area contributed by atoms with Crippen LogP contribution < -0.4 is 11.1 Å². The summed E-state index contributed by atoms with van der Waals surface area (Å²) in [7, 11) is 0. The molecule has 15 heavy (non-hydrogen) atoms. The van der Waals surface area contributed by atoms with Crippen LogP contribution in [0.3, 0.4) is 0 Å². The molecule has 0 spiro atoms. The van der Waals surface area contributed by atoms with Crippen molar-refractivity contribution in [2.24, 2.45) is 5.92 Å². The molecule has 0 saturated carbocycles. The van der Waals surface area contributed by atoms with Crippen molar-refractivity contribution in [3.8, 4) is 5.75 Å². The molecule has 1 aromatic carbocycles. The summed E-state index contributed by atoms with van der Waals surface area (Å²) in [6.45, 7) is 2.20. The van der Waals surface area contributed by atoms with Crippen molar-refractivity contribution in [3.63, 3.8) is 0 Å². The molecule has 2 rings (SSSR count). The minimum atomic E-state index is 0.205. The zero-order valence-corrected chi connectivity index (χ0v) is 8.87. The molecule has 4 N–H and O–H groups in total. The molecule has 0 radical (unpaired) electrons. The van der Waals surface area contributed by atoms with E-state index in [1.54, 1.807) is 6.07 Å². The number of phenolic OH excluding ortho intramolecular Hbond substituents is 1. The number of hydrogen-bond donors (Lipinski definition) is 3. The molecule has 1 fully saturated rings. The number of rotatable bonds is 2. The molecule has 3 heteroatoms. The Morgan fingerprint density at radius 2 is 2.33 bits per heavy atom. The second-order valence-electron chi connectivity index (χ2n) is 4.27. The van der Waals surface area contributed by atoms with E-state index in [0.29, 0.717) is 11.6 Å². The second-order valence-corrected chi connectivity index (χ2v) is 4.27. The molecule has 1 unspecified atom stereocenters. The molecule has 1 atom stereocenters. The molecule has 0 bridgehead atoms. The maximum Gasteiger partial charge on any atom is 0.138 e. The summed E-state index contributed by atoms with van der Waals surface area (Å²) >= 11 is 0. The molecule has 3 nitrogen and oxygen atoms in total. The minimum absolute atomic E-state index is 0.205. The Morgan fingerprint density at radius 3 is 3.07 bits per heavy atom. The van der Waals surface area contributed by atoms with Crippen LogP contribution in [0.1, 0.15) is 18.4 Å². The van der Waals surface area contributed by atoms with Crippen molar-refractivity contribution in [2.75, 3.05) is 18.8 Å². The first-order valence-electron chi connectivity index (χ1n) is 5.54. The normalized spacial score (nSPS) is 21.5. The van der Waals surface area contributed by atoms with Crippen LogP contribution in [-0.2, 0) is 6.42 Å². The monoisotopic (exact) mass is 206 g/mol. The first-order chi connectivity index (χ1) is 7.27. The maximum atomic E-state index is 9.49. The molecule has 1 aliphatic rings. The third-order valence-electron chi connectivity index (χ3n) is 3.08. The van der Waals surface area contributed by atoms with Gasteiger partial charge in [0.2, 0.25) is 0 Å². The van der Waals surface area contributed by atoms with Gasteiger partial charge in [0, 0.05) is 0 Å². The SMILES string of the molecule is Nc1c(O)cccc1CC1CCCNC1. The summed E-state index contributed by atoms with van der Waals surface area (Å²) in [6, 6.07) is 5.50. The van der Waals surface area contributed by atoms with Crippen LogP contribution in [0.15, 0.2) is 18.2 Å². The second kappa shape index (κ2) is 4.53. The van der Waals surface area contributed by atoms with E-state index in [9.17, 15) is 5.11 Å². The first-order valence-corrected chi connectivity index (χ1v) is 5.54. The van der Waals surface area contributed by atoms with Gasteiger partial charge in [-0.15, -0.1) is 0 Å². The Morgan fingerprint density at radius 1 is 1.47 bits per heavy atom. The first kappa shape index (κ1) is 10.3. The Bertz CT molecular complexity index is 332. The van der Waals surface area contributed by atoms with Gasteiger partial charge >= 0.3 is 0 Å². The Hall–Kier alpha value is -1.22. The molecule has 0 amide bonds. The number of aromatic hydroxyl groups is 1. The predicted molar refractivity (Wildman–Crippen MR) is 61.8 cm³/mol. The van der Waals surface area contributed by atoms with Gasteiger partial charge < -0.3 is 16.2 Å². The molecule has 82 valence electrons. The number of nitrogens with one attached hydrogen (secondary N) is 1. The molecular weight excluding hydrogens is 188 g/mol. The van der Waals surface area contributed by atoms with E-state index in [-0.39, 0.29) is 5.75 Å². The van der Waals surface area contributed by atoms with Crippen molar-refractivity contribution in [1.29, 1.82) is 0 Å². The van der Waals surface area contributed by atoms with E-state index in [0.717, 1.165) is 25.1 Å². The fourth-order valence-corrected chi connectivity index (χ4v) is 2.19. The molecule has 1 aromatic rings. The van der Waals surface area contributed by atoms with Gasteiger partial charge in [0.15, 0.2) is 0 Å². The fourth-order valence-electron chi connectivity index (χ4n) is 2.19. The fraction of sp³-hybridized carbons (Fsp3) is 0.500. The van der Waals surface area contributed by atoms with Crippen LogP contribution in [0.5, 0.6) is 5.75 Å². The van der Waals surface area contributed by atoms with Gasteiger partial charge in [-0.05, 0) is 49.9 Å². The molecule has 0 aromatic heterocycles. The van der Waals surface area contributed by atoms with Crippen molar-refractivity contribution in [2.45, 2.75) is 19.3 Å². The van der Waals surface area contributed by atoms with Gasteiger partial charge in [-0.1, -0.05) is 12.1 Å². The van der Waals surface area contributed by atoms with Gasteiger partial charge in [0.25, 0.3) is 0 Å². The largest absolute Gasteiger partial charge is 0.506 e. The summed E-state index contributed by atoms with van der Waals surface area (Å²) in [5.41, 5.74) is 7.45. The number of hydrogen-bond acceptors (Lipinski definition) is 3. The molecule has 0 aliphatic carbocycles. The maximum absolute atomic E-state index is 9.49. The molecule has 1 heterocycles. The van der Waals surface area contributed by atoms with E-state index in [1.807, 2.05) is 12.1 Å². The topological polar surface area (TPSA) is 58.3 Å². The van der Waals surface area contributed by atoms with Gasteiger partial charge in [0.05, 0.1) is 5.69 Å². The number of phenols is 1. The van der Waals surface area contributed by atoms with Crippen molar-refractivity contribution >= 4 is 5.69 Å². The number of piperidine rings is 1. The minimum Gasteiger partial charge on any atom is -0.506 e. The Kier molecular flexibility index (Phi) is 3.11. The highest BCUT2D eigenvalue weighted by molar-refractivity contribution is 5.57. The van der Waals surface area contributed by atoms with E-state index >= 15 is 0 Å². The smallest absolute Gasteiger partial charge is 0.138 e. The van der Waals surface area contributed by atoms with Gasteiger partial charge in [-0.3, -0.25) is 0 Å². The zero-order chi connectivity index (χ0) is 10.7. The summed E-state index contributed by atoms with van der Waals surface area (Å²) in [6.07, 6.45) is 3.46. The summed E-state index contributed by atoms with van der Waals surface area (Å²) in [5.74, 6) is 0.860. The Balaban J connectivity index is 2.06. The Labute approximate surface area is 90.3 Å². The zero-order valence-electron chi connectivity index (χ0n) is 8.87. The third kappa shape index (κ3) is 2.42. The van der Waals surface area contributed by atoms with E-state index in [4.69, 9.17) is 5.73 Å². The standard InChI is InChI=1S/C12H18N2O/c13-12-10(4-1-5-11(12)15)7-9-3-2-6-14-8-9/h1,4-5,9,14-15H,2-3,6-8,13H2. The van der Waals surface area contributed by atoms with E-state index < -0.39 is 0 Å². The highest BCUT2D eigenvalue weighted by Gasteiger charge is 2.15. The van der Waals surface area contributed by atoms with E-state index in [2.05, 4.69) is 5.32 Å². The predicted octanol–water partition coefficient (Wildman–Crippen LogP) is 1.52. The number of nitrogen functional groups attached to an aromatic ring is 1. The number of nitrogens with two attached hydrogens (primary N) is 1. The summed E-state index contributed by atoms with van der Waals surface area (Å²) in [5, 5.41) is 12.9. The number of benzene rings is 1. The lowest BCUT2D eigenvalue weighted by Gasteiger charge is -2.23. The number of para-hydroxylation sites is 1. The molecule has 1 saturated heterocycles. The molecular formula is C12H18N2O. The van der Waals surface area contributed by atoms with Crippen molar-refractivity contribution < 1.29 is 5.11 Å². The van der Waals surface area contributed by atoms with Gasteiger partial charge in [-0.25, -0.2) is 0 Å². The van der Waals surface area contributed by atoms with Crippen LogP contribution >= 0.6 is 0 Å². The average molecular weight is 206 g/mol. The van der Waals surface area contributed by atoms with Crippen LogP contribution in [0.4, 0.5) is 5.69 Å². The van der Waals surface area contributed by atoms with Crippen LogP contribution in [-0.4, -0.2) is 18.2 Å². The highest BCUT2D eigenvalue weighted by Crippen LogP contribution is 2.27. The van der Waals surface area contributed by atoms with Crippen molar-refractivity contribution in [3.05, 3.63) is 23.8 Å². The van der Waals surface area contributed by atoms with Crippen LogP contribution in [0.2, 0.25) is 0 Å². The quantitative estimate of drug-likeness (QED) is 0.508. The van der Waals surface area contributed by atoms with Gasteiger partial charge in [0.1, 0.15) is 5.75 Å². The van der Waals surface area contributed by atoms with Gasteiger partial charge in [-0.2, -0.15) is 0 Å². The molecule has 1 aliphatic heterocycles. The number of anilines is 1. The lowest BCUT2D eigenvalue weighted by Crippen LogP contribution is -2.30. The lowest BCUT2D eigenvalue weighted by atomic mass is 9.91. The van der Waals surface area contributed by atoms with E-state index in [1.165, 1.54) is 12.8 Å². The van der Waals surface area contributed by atoms with Crippen molar-refractivity contribution in [1.82, 2.24) is 5.32 Å².